The number of aromatic amines is 1. The molecule has 3 aromatic heterocycles. The molecule has 5 N–H and O–H groups in total. The van der Waals surface area contributed by atoms with E-state index in [1.165, 1.54) is 0 Å². The van der Waals surface area contributed by atoms with Crippen molar-refractivity contribution in [2.45, 2.75) is 26.0 Å². The van der Waals surface area contributed by atoms with E-state index >= 15 is 0 Å². The van der Waals surface area contributed by atoms with Gasteiger partial charge in [0, 0.05) is 24.0 Å². The van der Waals surface area contributed by atoms with Crippen molar-refractivity contribution in [2.75, 3.05) is 10.6 Å². The first-order chi connectivity index (χ1) is 14.7. The number of hydrogen-bond donors (Lipinski definition) is 5. The lowest BCUT2D eigenvalue weighted by Gasteiger charge is -2.05. The number of rotatable bonds is 9. The number of anilines is 3. The first kappa shape index (κ1) is 19.4. The molecule has 0 amide bonds. The second-order valence-electron chi connectivity index (χ2n) is 6.64. The smallest absolute Gasteiger partial charge is 0.224 e. The van der Waals surface area contributed by atoms with Crippen LogP contribution in [-0.2, 0) is 26.0 Å². The summed E-state index contributed by atoms with van der Waals surface area (Å²) in [6.07, 6.45) is 3.19. The number of aryl methyl sites for hydroxylation is 2. The van der Waals surface area contributed by atoms with Crippen molar-refractivity contribution in [2.24, 2.45) is 0 Å². The molecule has 0 aliphatic heterocycles. The molecule has 30 heavy (non-hydrogen) atoms. The first-order valence-electron chi connectivity index (χ1n) is 9.39. The number of aliphatic hydroxyl groups is 1. The second-order valence-corrected chi connectivity index (χ2v) is 6.64. The number of aromatic nitrogens is 5. The van der Waals surface area contributed by atoms with E-state index in [-0.39, 0.29) is 12.4 Å². The molecule has 154 valence electrons. The molecular weight excluding hydrogens is 386 g/mol. The Bertz CT molecular complexity index is 1110. The Hall–Kier alpha value is -3.92. The van der Waals surface area contributed by atoms with Crippen LogP contribution in [0.5, 0.6) is 5.75 Å². The zero-order valence-corrected chi connectivity index (χ0v) is 16.0. The maximum absolute atomic E-state index is 9.55. The van der Waals surface area contributed by atoms with Crippen molar-refractivity contribution in [3.63, 3.8) is 0 Å². The third-order valence-electron chi connectivity index (χ3n) is 4.33. The Morgan fingerprint density at radius 2 is 2.00 bits per heavy atom. The molecule has 10 nitrogen and oxygen atoms in total. The van der Waals surface area contributed by atoms with Crippen molar-refractivity contribution in [3.05, 3.63) is 71.4 Å². The molecule has 0 saturated heterocycles. The fraction of sp³-hybridized carbons (Fsp3) is 0.200. The Morgan fingerprint density at radius 3 is 2.83 bits per heavy atom. The largest absolute Gasteiger partial charge is 0.508 e. The van der Waals surface area contributed by atoms with E-state index in [0.29, 0.717) is 35.6 Å². The van der Waals surface area contributed by atoms with E-state index in [1.807, 2.05) is 18.2 Å². The van der Waals surface area contributed by atoms with Gasteiger partial charge >= 0.3 is 0 Å². The van der Waals surface area contributed by atoms with Crippen molar-refractivity contribution in [1.82, 2.24) is 25.3 Å². The molecular formula is C20H21N7O3. The molecule has 0 radical (unpaired) electrons. The lowest BCUT2D eigenvalue weighted by Crippen LogP contribution is -2.04. The van der Waals surface area contributed by atoms with Crippen molar-refractivity contribution < 1.29 is 14.7 Å². The minimum absolute atomic E-state index is 0.168. The fourth-order valence-corrected chi connectivity index (χ4v) is 2.87. The standard InChI is InChI=1S/C20H21N7O3/c28-12-15-9-17(30-27-15)11-22-20-21-7-6-18(24-20)23-19-10-14(25-26-19)5-4-13-2-1-3-16(29)8-13/h1-3,6-10,28-29H,4-5,11-12H2,(H3,21,22,23,24,25,26). The molecule has 0 fully saturated rings. The number of aromatic hydroxyl groups is 1. The zero-order valence-electron chi connectivity index (χ0n) is 16.0. The number of phenols is 1. The van der Waals surface area contributed by atoms with Crippen LogP contribution in [0.15, 0.2) is 53.2 Å². The number of aliphatic hydroxyl groups excluding tert-OH is 1. The molecule has 0 saturated carbocycles. The molecule has 3 heterocycles. The van der Waals surface area contributed by atoms with Gasteiger partial charge in [0.2, 0.25) is 5.95 Å². The number of benzene rings is 1. The molecule has 0 spiro atoms. The molecule has 0 bridgehead atoms. The summed E-state index contributed by atoms with van der Waals surface area (Å²) in [5.41, 5.74) is 2.50. The Kier molecular flexibility index (Phi) is 5.85. The van der Waals surface area contributed by atoms with E-state index in [0.717, 1.165) is 24.1 Å². The van der Waals surface area contributed by atoms with Gasteiger partial charge in [0.15, 0.2) is 11.6 Å². The van der Waals surface area contributed by atoms with E-state index in [4.69, 9.17) is 9.63 Å². The number of phenolic OH excluding ortho intramolecular Hbond substituents is 1. The summed E-state index contributed by atoms with van der Waals surface area (Å²) in [6.45, 7) is 0.178. The van der Waals surface area contributed by atoms with Crippen molar-refractivity contribution >= 4 is 17.6 Å². The Morgan fingerprint density at radius 1 is 1.07 bits per heavy atom. The summed E-state index contributed by atoms with van der Waals surface area (Å²) in [4.78, 5) is 8.57. The van der Waals surface area contributed by atoms with Crippen LogP contribution in [0.25, 0.3) is 0 Å². The van der Waals surface area contributed by atoms with Crippen LogP contribution < -0.4 is 10.6 Å². The molecule has 0 atom stereocenters. The summed E-state index contributed by atoms with van der Waals surface area (Å²) < 4.78 is 5.10. The van der Waals surface area contributed by atoms with Gasteiger partial charge in [0.1, 0.15) is 17.3 Å². The fourth-order valence-electron chi connectivity index (χ4n) is 2.87. The highest BCUT2D eigenvalue weighted by atomic mass is 16.5. The summed E-state index contributed by atoms with van der Waals surface area (Å²) >= 11 is 0. The zero-order chi connectivity index (χ0) is 20.8. The number of H-pyrrole nitrogens is 1. The van der Waals surface area contributed by atoms with Crippen LogP contribution >= 0.6 is 0 Å². The quantitative estimate of drug-likeness (QED) is 0.282. The SMILES string of the molecule is OCc1cc(CNc2nccc(Nc3cc(CCc4cccc(O)c4)[nH]n3)n2)on1. The van der Waals surface area contributed by atoms with E-state index in [9.17, 15) is 5.11 Å². The van der Waals surface area contributed by atoms with Gasteiger partial charge in [-0.15, -0.1) is 0 Å². The van der Waals surface area contributed by atoms with Gasteiger partial charge in [0.25, 0.3) is 0 Å². The molecule has 10 heteroatoms. The number of hydrogen-bond acceptors (Lipinski definition) is 9. The molecule has 4 rings (SSSR count). The normalized spacial score (nSPS) is 10.8. The van der Waals surface area contributed by atoms with Gasteiger partial charge < -0.3 is 25.4 Å². The number of nitrogens with zero attached hydrogens (tertiary/aromatic N) is 4. The van der Waals surface area contributed by atoms with Crippen molar-refractivity contribution in [3.8, 4) is 5.75 Å². The summed E-state index contributed by atoms with van der Waals surface area (Å²) in [5.74, 6) is 2.50. The molecule has 4 aromatic rings. The van der Waals surface area contributed by atoms with Gasteiger partial charge in [0.05, 0.1) is 13.2 Å². The minimum Gasteiger partial charge on any atom is -0.508 e. The predicted octanol–water partition coefficient (Wildman–Crippen LogP) is 2.53. The second kappa shape index (κ2) is 9.05. The van der Waals surface area contributed by atoms with Crippen LogP contribution in [-0.4, -0.2) is 35.5 Å². The maximum Gasteiger partial charge on any atom is 0.224 e. The summed E-state index contributed by atoms with van der Waals surface area (Å²) in [5, 5.41) is 35.7. The average molecular weight is 407 g/mol. The van der Waals surface area contributed by atoms with Crippen LogP contribution in [0.3, 0.4) is 0 Å². The van der Waals surface area contributed by atoms with Crippen LogP contribution in [0.4, 0.5) is 17.6 Å². The maximum atomic E-state index is 9.55. The van der Waals surface area contributed by atoms with Crippen LogP contribution in [0.1, 0.15) is 22.7 Å². The van der Waals surface area contributed by atoms with Gasteiger partial charge in [-0.2, -0.15) is 10.1 Å². The van der Waals surface area contributed by atoms with Gasteiger partial charge in [-0.25, -0.2) is 4.98 Å². The molecule has 0 aliphatic carbocycles. The van der Waals surface area contributed by atoms with E-state index in [1.54, 1.807) is 30.5 Å². The first-order valence-corrected chi connectivity index (χ1v) is 9.39. The molecule has 0 unspecified atom stereocenters. The lowest BCUT2D eigenvalue weighted by atomic mass is 10.1. The summed E-state index contributed by atoms with van der Waals surface area (Å²) in [7, 11) is 0. The third-order valence-corrected chi connectivity index (χ3v) is 4.33. The Labute approximate surface area is 172 Å². The van der Waals surface area contributed by atoms with Gasteiger partial charge in [-0.1, -0.05) is 17.3 Å². The Balaban J connectivity index is 1.32. The minimum atomic E-state index is -0.168. The average Bonchev–Trinajstić information content (AvgIpc) is 3.40. The summed E-state index contributed by atoms with van der Waals surface area (Å²) in [6, 6.07) is 12.6. The highest BCUT2D eigenvalue weighted by Gasteiger charge is 2.07. The molecule has 1 aromatic carbocycles. The van der Waals surface area contributed by atoms with E-state index < -0.39 is 0 Å². The van der Waals surface area contributed by atoms with Gasteiger partial charge in [-0.05, 0) is 36.6 Å². The number of nitrogens with one attached hydrogen (secondary N) is 3. The monoisotopic (exact) mass is 407 g/mol. The highest BCUT2D eigenvalue weighted by Crippen LogP contribution is 2.17. The topological polar surface area (TPSA) is 145 Å². The van der Waals surface area contributed by atoms with E-state index in [2.05, 4.69) is 36.0 Å². The highest BCUT2D eigenvalue weighted by molar-refractivity contribution is 5.53. The van der Waals surface area contributed by atoms with Crippen LogP contribution in [0, 0.1) is 0 Å². The van der Waals surface area contributed by atoms with Crippen LogP contribution in [0.2, 0.25) is 0 Å². The third kappa shape index (κ3) is 5.11. The van der Waals surface area contributed by atoms with Crippen molar-refractivity contribution in [1.29, 1.82) is 0 Å². The molecule has 0 aliphatic rings. The van der Waals surface area contributed by atoms with Gasteiger partial charge in [-0.3, -0.25) is 5.10 Å². The predicted molar refractivity (Wildman–Crippen MR) is 109 cm³/mol. The lowest BCUT2D eigenvalue weighted by molar-refractivity contribution is 0.265.